The highest BCUT2D eigenvalue weighted by Gasteiger charge is 2.16. The van der Waals surface area contributed by atoms with Gasteiger partial charge in [-0.2, -0.15) is 5.10 Å². The van der Waals surface area contributed by atoms with E-state index in [0.29, 0.717) is 34.4 Å². The number of nitrogens with zero attached hydrogens (tertiary/aromatic N) is 6. The number of para-hydroxylation sites is 1. The number of hydrogen-bond acceptors (Lipinski definition) is 7. The van der Waals surface area contributed by atoms with Crippen LogP contribution in [0.3, 0.4) is 0 Å². The van der Waals surface area contributed by atoms with Crippen LogP contribution in [0.4, 0.5) is 0 Å². The quantitative estimate of drug-likeness (QED) is 0.193. The Balaban J connectivity index is 1.13. The molecule has 0 amide bonds. The van der Waals surface area contributed by atoms with Gasteiger partial charge < -0.3 is 4.42 Å². The average molecular weight is 605 g/mol. The Bertz CT molecular complexity index is 2520. The highest BCUT2D eigenvalue weighted by Crippen LogP contribution is 2.34. The summed E-state index contributed by atoms with van der Waals surface area (Å²) in [6.45, 7) is 0. The molecule has 0 fully saturated rings. The van der Waals surface area contributed by atoms with Crippen LogP contribution in [0.5, 0.6) is 0 Å². The lowest BCUT2D eigenvalue weighted by molar-refractivity contribution is 0.666. The van der Waals surface area contributed by atoms with Crippen LogP contribution < -0.4 is 0 Å². The molecule has 9 aromatic rings. The monoisotopic (exact) mass is 604 g/mol. The number of aromatic nitrogens is 6. The topological polar surface area (TPSA) is 90.5 Å². The Morgan fingerprint density at radius 3 is 1.83 bits per heavy atom. The first-order valence-electron chi connectivity index (χ1n) is 15.3. The first-order valence-corrected chi connectivity index (χ1v) is 15.3. The molecule has 0 spiro atoms. The van der Waals surface area contributed by atoms with Gasteiger partial charge in [0.15, 0.2) is 28.8 Å². The smallest absolute Gasteiger partial charge is 0.166 e. The highest BCUT2D eigenvalue weighted by molar-refractivity contribution is 6.08. The van der Waals surface area contributed by atoms with Gasteiger partial charge in [-0.25, -0.2) is 19.9 Å². The molecule has 7 heteroatoms. The lowest BCUT2D eigenvalue weighted by Crippen LogP contribution is -2.00. The Kier molecular flexibility index (Phi) is 6.31. The Labute approximate surface area is 269 Å². The molecule has 0 atom stereocenters. The van der Waals surface area contributed by atoms with E-state index in [1.807, 2.05) is 103 Å². The van der Waals surface area contributed by atoms with Gasteiger partial charge in [0.25, 0.3) is 0 Å². The van der Waals surface area contributed by atoms with E-state index in [0.717, 1.165) is 55.1 Å². The lowest BCUT2D eigenvalue weighted by Gasteiger charge is -2.10. The van der Waals surface area contributed by atoms with Crippen molar-refractivity contribution in [3.05, 3.63) is 146 Å². The van der Waals surface area contributed by atoms with Gasteiger partial charge in [0.2, 0.25) is 0 Å². The third kappa shape index (κ3) is 4.87. The van der Waals surface area contributed by atoms with Crippen molar-refractivity contribution in [2.24, 2.45) is 0 Å². The van der Waals surface area contributed by atoms with Crippen LogP contribution >= 0.6 is 0 Å². The summed E-state index contributed by atoms with van der Waals surface area (Å²) in [4.78, 5) is 19.7. The molecule has 7 nitrogen and oxygen atoms in total. The molecule has 5 aromatic carbocycles. The number of hydrogen-bond donors (Lipinski definition) is 0. The van der Waals surface area contributed by atoms with Gasteiger partial charge in [-0.3, -0.25) is 0 Å². The number of furan rings is 1. The summed E-state index contributed by atoms with van der Waals surface area (Å²) in [6.07, 6.45) is 1.74. The SMILES string of the molecule is c1ccc(-c2nc(-c3ccccc3)nc(-c3cccc(-c4ccc5ccc(-c6nncc7c6oc6ccccc67)nc5c4)c3)n2)cc1. The fourth-order valence-electron chi connectivity index (χ4n) is 5.93. The van der Waals surface area contributed by atoms with Crippen LogP contribution in [0.1, 0.15) is 0 Å². The van der Waals surface area contributed by atoms with Crippen LogP contribution in [-0.4, -0.2) is 30.1 Å². The predicted molar refractivity (Wildman–Crippen MR) is 185 cm³/mol. The summed E-state index contributed by atoms with van der Waals surface area (Å²) in [5.41, 5.74) is 8.46. The van der Waals surface area contributed by atoms with E-state index in [4.69, 9.17) is 24.4 Å². The van der Waals surface area contributed by atoms with Gasteiger partial charge in [-0.1, -0.05) is 115 Å². The Morgan fingerprint density at radius 1 is 0.447 bits per heavy atom. The van der Waals surface area contributed by atoms with Crippen molar-refractivity contribution in [2.75, 3.05) is 0 Å². The molecular formula is C40H24N6O. The summed E-state index contributed by atoms with van der Waals surface area (Å²) in [5.74, 6) is 1.87. The fraction of sp³-hybridized carbons (Fsp3) is 0. The van der Waals surface area contributed by atoms with Crippen LogP contribution in [0.2, 0.25) is 0 Å². The number of pyridine rings is 1. The first-order chi connectivity index (χ1) is 23.3. The molecule has 4 aromatic heterocycles. The molecule has 220 valence electrons. The van der Waals surface area contributed by atoms with Gasteiger partial charge in [0.05, 0.1) is 22.8 Å². The minimum absolute atomic E-state index is 0.610. The van der Waals surface area contributed by atoms with Gasteiger partial charge >= 0.3 is 0 Å². The van der Waals surface area contributed by atoms with Crippen molar-refractivity contribution in [2.45, 2.75) is 0 Å². The highest BCUT2D eigenvalue weighted by atomic mass is 16.3. The first kappa shape index (κ1) is 26.8. The van der Waals surface area contributed by atoms with Gasteiger partial charge in [0, 0.05) is 27.5 Å². The minimum Gasteiger partial charge on any atom is -0.454 e. The zero-order valence-electron chi connectivity index (χ0n) is 24.9. The summed E-state index contributed by atoms with van der Waals surface area (Å²) in [7, 11) is 0. The maximum Gasteiger partial charge on any atom is 0.166 e. The molecule has 0 unspecified atom stereocenters. The van der Waals surface area contributed by atoms with Crippen molar-refractivity contribution < 1.29 is 4.42 Å². The summed E-state index contributed by atoms with van der Waals surface area (Å²) in [5, 5.41) is 11.7. The van der Waals surface area contributed by atoms with E-state index >= 15 is 0 Å². The third-order valence-corrected chi connectivity index (χ3v) is 8.28. The minimum atomic E-state index is 0.610. The fourth-order valence-corrected chi connectivity index (χ4v) is 5.93. The molecule has 0 aliphatic carbocycles. The molecule has 0 N–H and O–H groups in total. The molecule has 4 heterocycles. The maximum absolute atomic E-state index is 6.21. The molecule has 0 radical (unpaired) electrons. The van der Waals surface area contributed by atoms with Crippen molar-refractivity contribution >= 4 is 32.8 Å². The number of rotatable bonds is 5. The predicted octanol–water partition coefficient (Wildman–Crippen LogP) is 9.44. The second-order valence-corrected chi connectivity index (χ2v) is 11.3. The summed E-state index contributed by atoms with van der Waals surface area (Å²) < 4.78 is 6.21. The molecule has 9 rings (SSSR count). The second kappa shape index (κ2) is 11.1. The van der Waals surface area contributed by atoms with E-state index in [9.17, 15) is 0 Å². The Hall–Kier alpha value is -6.60. The number of benzene rings is 5. The molecule has 0 aliphatic rings. The van der Waals surface area contributed by atoms with Crippen LogP contribution in [0.25, 0.3) is 89.5 Å². The molecule has 0 bridgehead atoms. The van der Waals surface area contributed by atoms with Crippen LogP contribution in [0.15, 0.2) is 150 Å². The van der Waals surface area contributed by atoms with Gasteiger partial charge in [0.1, 0.15) is 5.58 Å². The molecular weight excluding hydrogens is 580 g/mol. The molecule has 0 aliphatic heterocycles. The maximum atomic E-state index is 6.21. The van der Waals surface area contributed by atoms with Gasteiger partial charge in [-0.15, -0.1) is 5.10 Å². The summed E-state index contributed by atoms with van der Waals surface area (Å²) >= 11 is 0. The van der Waals surface area contributed by atoms with Gasteiger partial charge in [-0.05, 0) is 35.4 Å². The summed E-state index contributed by atoms with van der Waals surface area (Å²) in [6, 6.07) is 46.5. The van der Waals surface area contributed by atoms with Crippen molar-refractivity contribution in [1.29, 1.82) is 0 Å². The zero-order valence-corrected chi connectivity index (χ0v) is 24.9. The molecule has 0 saturated carbocycles. The van der Waals surface area contributed by atoms with E-state index in [1.165, 1.54) is 0 Å². The average Bonchev–Trinajstić information content (AvgIpc) is 3.54. The van der Waals surface area contributed by atoms with E-state index in [2.05, 4.69) is 46.6 Å². The van der Waals surface area contributed by atoms with E-state index in [1.54, 1.807) is 6.20 Å². The van der Waals surface area contributed by atoms with Crippen molar-refractivity contribution in [3.63, 3.8) is 0 Å². The molecule has 47 heavy (non-hydrogen) atoms. The van der Waals surface area contributed by atoms with E-state index < -0.39 is 0 Å². The lowest BCUT2D eigenvalue weighted by atomic mass is 10.0. The molecule has 0 saturated heterocycles. The zero-order chi connectivity index (χ0) is 31.2. The van der Waals surface area contributed by atoms with Crippen LogP contribution in [0, 0.1) is 0 Å². The third-order valence-electron chi connectivity index (χ3n) is 8.28. The van der Waals surface area contributed by atoms with Crippen molar-refractivity contribution in [3.8, 4) is 56.7 Å². The normalized spacial score (nSPS) is 11.4. The number of fused-ring (bicyclic) bond motifs is 4. The van der Waals surface area contributed by atoms with Crippen LogP contribution in [-0.2, 0) is 0 Å². The Morgan fingerprint density at radius 2 is 1.06 bits per heavy atom. The largest absolute Gasteiger partial charge is 0.454 e. The van der Waals surface area contributed by atoms with E-state index in [-0.39, 0.29) is 0 Å². The standard InChI is InChI=1S/C40H24N6O/c1-3-10-26(11-4-1)38-43-39(27-12-5-2-6-13-27)45-40(44-38)30-15-9-14-28(22-30)29-19-18-25-20-21-33(42-34(25)23-29)36-37-32(24-41-46-36)31-16-7-8-17-35(31)47-37/h1-24H. The van der Waals surface area contributed by atoms with Crippen molar-refractivity contribution in [1.82, 2.24) is 30.1 Å². The second-order valence-electron chi connectivity index (χ2n) is 11.3.